The van der Waals surface area contributed by atoms with E-state index < -0.39 is 30.1 Å². The lowest BCUT2D eigenvalue weighted by Crippen LogP contribution is -2.36. The summed E-state index contributed by atoms with van der Waals surface area (Å²) in [6.07, 6.45) is 0.561. The minimum atomic E-state index is -0.677. The Bertz CT molecular complexity index is 915. The fourth-order valence-corrected chi connectivity index (χ4v) is 4.23. The van der Waals surface area contributed by atoms with E-state index in [2.05, 4.69) is 10.6 Å². The number of ether oxygens (including phenoxy) is 2. The molecule has 12 heteroatoms. The number of rotatable bonds is 7. The number of methoxy groups -OCH3 is 1. The summed E-state index contributed by atoms with van der Waals surface area (Å²) in [5.74, 6) is -0.562. The van der Waals surface area contributed by atoms with Gasteiger partial charge in [-0.05, 0) is 12.1 Å². The maximum Gasteiger partial charge on any atom is 0.414 e. The number of aliphatic hydroxyl groups excluding tert-OH is 1. The average Bonchev–Trinajstić information content (AvgIpc) is 3.32. The first kappa shape index (κ1) is 22.4. The molecule has 2 unspecified atom stereocenters. The number of carbonyl (C=O) groups excluding carboxylic acids is 3. The molecule has 0 bridgehead atoms. The molecular weight excluding hydrogens is 457 g/mol. The second kappa shape index (κ2) is 9.69. The van der Waals surface area contributed by atoms with Crippen molar-refractivity contribution in [2.45, 2.75) is 17.9 Å². The molecule has 3 amide bonds. The van der Waals surface area contributed by atoms with Crippen molar-refractivity contribution in [1.82, 2.24) is 15.5 Å². The molecule has 3 N–H and O–H groups in total. The number of aliphatic hydroxyl groups is 1. The number of carbonyl (C=O) groups is 3. The van der Waals surface area contributed by atoms with Gasteiger partial charge in [-0.3, -0.25) is 14.5 Å². The van der Waals surface area contributed by atoms with Crippen LogP contribution >= 0.6 is 34.5 Å². The number of thiophene rings is 1. The summed E-state index contributed by atoms with van der Waals surface area (Å²) in [6, 6.07) is 3.25. The van der Waals surface area contributed by atoms with E-state index in [4.69, 9.17) is 37.8 Å². The third kappa shape index (κ3) is 5.07. The highest BCUT2D eigenvalue weighted by Gasteiger charge is 2.38. The van der Waals surface area contributed by atoms with E-state index in [9.17, 15) is 14.4 Å². The van der Waals surface area contributed by atoms with Gasteiger partial charge in [0.05, 0.1) is 40.5 Å². The van der Waals surface area contributed by atoms with Gasteiger partial charge in [0, 0.05) is 18.2 Å². The molecule has 1 fully saturated rings. The van der Waals surface area contributed by atoms with Gasteiger partial charge < -0.3 is 25.2 Å². The van der Waals surface area contributed by atoms with Crippen LogP contribution in [0.4, 0.5) is 4.79 Å². The van der Waals surface area contributed by atoms with Gasteiger partial charge in [0.2, 0.25) is 5.91 Å². The highest BCUT2D eigenvalue weighted by atomic mass is 35.5. The first-order chi connectivity index (χ1) is 14.3. The van der Waals surface area contributed by atoms with Crippen molar-refractivity contribution in [3.05, 3.63) is 44.6 Å². The van der Waals surface area contributed by atoms with Crippen LogP contribution in [0.2, 0.25) is 4.34 Å². The van der Waals surface area contributed by atoms with Gasteiger partial charge in [-0.25, -0.2) is 4.79 Å². The smallest absolute Gasteiger partial charge is 0.414 e. The average molecular weight is 476 g/mol. The zero-order valence-corrected chi connectivity index (χ0v) is 18.1. The molecule has 1 aromatic heterocycles. The van der Waals surface area contributed by atoms with Crippen molar-refractivity contribution >= 4 is 52.4 Å². The summed E-state index contributed by atoms with van der Waals surface area (Å²) < 4.78 is 11.2. The number of nitrogens with one attached hydrogen (secondary N) is 2. The lowest BCUT2D eigenvalue weighted by molar-refractivity contribution is -0.123. The second-order valence-electron chi connectivity index (χ2n) is 6.42. The number of halogens is 2. The normalized spacial score (nSPS) is 21.3. The Morgan fingerprint density at radius 3 is 2.83 bits per heavy atom. The number of cyclic esters (lactones) is 1. The second-order valence-corrected chi connectivity index (χ2v) is 8.66. The van der Waals surface area contributed by atoms with Gasteiger partial charge in [-0.1, -0.05) is 11.6 Å². The number of hydrogen-bond acceptors (Lipinski definition) is 7. The molecule has 9 nitrogen and oxygen atoms in total. The number of allylic oxidation sites excluding steroid dienone is 3. The maximum absolute atomic E-state index is 12.4. The highest BCUT2D eigenvalue weighted by Crippen LogP contribution is 2.32. The molecule has 1 aliphatic carbocycles. The van der Waals surface area contributed by atoms with E-state index in [0.29, 0.717) is 26.4 Å². The molecule has 1 aliphatic heterocycles. The van der Waals surface area contributed by atoms with Crippen LogP contribution in [-0.2, 0) is 14.3 Å². The van der Waals surface area contributed by atoms with Crippen LogP contribution in [0.1, 0.15) is 16.1 Å². The van der Waals surface area contributed by atoms with Crippen LogP contribution in [0.5, 0.6) is 0 Å². The van der Waals surface area contributed by atoms with E-state index in [1.54, 1.807) is 12.1 Å². The molecule has 0 spiro atoms. The molecule has 2 atom stereocenters. The van der Waals surface area contributed by atoms with Gasteiger partial charge in [0.25, 0.3) is 5.91 Å². The molecule has 30 heavy (non-hydrogen) atoms. The minimum Gasteiger partial charge on any atom is -0.495 e. The summed E-state index contributed by atoms with van der Waals surface area (Å²) in [7, 11) is 1.43. The number of nitrogens with zero attached hydrogens (tertiary/aromatic N) is 1. The highest BCUT2D eigenvalue weighted by molar-refractivity contribution is 7.18. The summed E-state index contributed by atoms with van der Waals surface area (Å²) in [6.45, 7) is -0.351. The number of hydrogen-bond donors (Lipinski definition) is 3. The molecule has 0 saturated carbocycles. The van der Waals surface area contributed by atoms with Crippen molar-refractivity contribution in [2.24, 2.45) is 0 Å². The summed E-state index contributed by atoms with van der Waals surface area (Å²) >= 11 is 13.3. The van der Waals surface area contributed by atoms with E-state index >= 15 is 0 Å². The number of alkyl halides is 1. The van der Waals surface area contributed by atoms with Gasteiger partial charge in [-0.15, -0.1) is 22.9 Å². The molecular formula is C18H19Cl2N3O6S. The summed E-state index contributed by atoms with van der Waals surface area (Å²) in [5, 5.41) is 13.5. The van der Waals surface area contributed by atoms with Crippen molar-refractivity contribution in [2.75, 3.05) is 26.8 Å². The molecule has 1 aromatic rings. The van der Waals surface area contributed by atoms with Gasteiger partial charge in [-0.2, -0.15) is 0 Å². The quantitative estimate of drug-likeness (QED) is 0.517. The van der Waals surface area contributed by atoms with Gasteiger partial charge in [0.15, 0.2) is 0 Å². The lowest BCUT2D eigenvalue weighted by Gasteiger charge is -2.27. The van der Waals surface area contributed by atoms with Gasteiger partial charge >= 0.3 is 6.09 Å². The predicted molar refractivity (Wildman–Crippen MR) is 110 cm³/mol. The molecule has 0 aromatic carbocycles. The monoisotopic (exact) mass is 475 g/mol. The largest absolute Gasteiger partial charge is 0.495 e. The summed E-state index contributed by atoms with van der Waals surface area (Å²) in [5.41, 5.74) is 0.866. The lowest BCUT2D eigenvalue weighted by atomic mass is 10.0. The Morgan fingerprint density at radius 1 is 1.43 bits per heavy atom. The van der Waals surface area contributed by atoms with Crippen LogP contribution in [0.15, 0.2) is 35.4 Å². The summed E-state index contributed by atoms with van der Waals surface area (Å²) in [4.78, 5) is 37.8. The molecule has 3 rings (SSSR count). The van der Waals surface area contributed by atoms with Crippen LogP contribution in [0, 0.1) is 0 Å². The maximum atomic E-state index is 12.4. The Balaban J connectivity index is 1.67. The van der Waals surface area contributed by atoms with Crippen LogP contribution in [-0.4, -0.2) is 66.2 Å². The first-order valence-corrected chi connectivity index (χ1v) is 10.5. The molecule has 162 valence electrons. The van der Waals surface area contributed by atoms with Crippen LogP contribution < -0.4 is 10.6 Å². The predicted octanol–water partition coefficient (Wildman–Crippen LogP) is 1.81. The van der Waals surface area contributed by atoms with Crippen molar-refractivity contribution in [3.8, 4) is 0 Å². The van der Waals surface area contributed by atoms with E-state index in [1.165, 1.54) is 18.1 Å². The van der Waals surface area contributed by atoms with Crippen molar-refractivity contribution in [3.63, 3.8) is 0 Å². The van der Waals surface area contributed by atoms with E-state index in [1.807, 2.05) is 0 Å². The Hall–Kier alpha value is -2.27. The first-order valence-electron chi connectivity index (χ1n) is 8.87. The van der Waals surface area contributed by atoms with E-state index in [-0.39, 0.29) is 25.4 Å². The topological polar surface area (TPSA) is 117 Å². The van der Waals surface area contributed by atoms with Crippen LogP contribution in [0.3, 0.4) is 0 Å². The zero-order valence-electron chi connectivity index (χ0n) is 15.8. The van der Waals surface area contributed by atoms with Gasteiger partial charge in [0.1, 0.15) is 18.5 Å². The van der Waals surface area contributed by atoms with Crippen LogP contribution in [0.25, 0.3) is 0 Å². The standard InChI is InChI=1S/C18H19Cl2N3O6S/c1-28-13-5-11(22-16(25)8-24)10(19)4-12(13)23-7-9(29-18(23)27)6-21-17(26)14-2-3-15(20)30-14/h2-3,5,9-10,24H,4,6-8H2,1H3,(H,21,26)(H,22,25). The minimum absolute atomic E-state index is 0.129. The SMILES string of the molecule is COC1=C(N2CC(CNC(=O)c3ccc(Cl)s3)OC2=O)CC(Cl)C(NC(=O)CO)=C1. The Morgan fingerprint density at radius 2 is 2.20 bits per heavy atom. The Kier molecular flexibility index (Phi) is 7.24. The molecule has 0 radical (unpaired) electrons. The molecule has 2 heterocycles. The fraction of sp³-hybridized carbons (Fsp3) is 0.389. The molecule has 2 aliphatic rings. The molecule has 1 saturated heterocycles. The third-order valence-corrected chi connectivity index (χ3v) is 6.03. The third-order valence-electron chi connectivity index (χ3n) is 4.42. The van der Waals surface area contributed by atoms with E-state index in [0.717, 1.165) is 11.3 Å². The zero-order chi connectivity index (χ0) is 21.8. The fourth-order valence-electron chi connectivity index (χ4n) is 3.01. The number of amides is 3. The Labute approximate surface area is 186 Å². The van der Waals surface area contributed by atoms with Crippen molar-refractivity contribution < 1.29 is 29.0 Å². The van der Waals surface area contributed by atoms with Crippen molar-refractivity contribution in [1.29, 1.82) is 0 Å².